The van der Waals surface area contributed by atoms with Gasteiger partial charge >= 0.3 is 5.97 Å². The van der Waals surface area contributed by atoms with Crippen molar-refractivity contribution in [2.24, 2.45) is 0 Å². The number of carboxylic acids is 1. The Kier molecular flexibility index (Phi) is 4.42. The molecule has 64 valence electrons. The fourth-order valence-electron chi connectivity index (χ4n) is 0.559. The molecule has 0 aromatic rings. The number of carbonyl (C=O) groups is 1. The van der Waals surface area contributed by atoms with E-state index in [0.717, 1.165) is 6.42 Å². The second kappa shape index (κ2) is 4.54. The standard InChI is InChI=1S/C8H13BrO2/c1-3-4-5-6-8(2,9)7(10)11/h4-5H,3,6H2,1-2H3,(H,10,11). The van der Waals surface area contributed by atoms with Crippen LogP contribution < -0.4 is 0 Å². The first-order valence-electron chi connectivity index (χ1n) is 3.58. The fourth-order valence-corrected chi connectivity index (χ4v) is 0.746. The molecule has 0 heterocycles. The van der Waals surface area contributed by atoms with E-state index in [9.17, 15) is 4.79 Å². The van der Waals surface area contributed by atoms with Crippen LogP contribution in [-0.4, -0.2) is 15.4 Å². The maximum Gasteiger partial charge on any atom is 0.320 e. The lowest BCUT2D eigenvalue weighted by Gasteiger charge is -2.13. The Labute approximate surface area is 75.4 Å². The van der Waals surface area contributed by atoms with Gasteiger partial charge in [-0.05, 0) is 19.8 Å². The van der Waals surface area contributed by atoms with Gasteiger partial charge in [0.25, 0.3) is 0 Å². The lowest BCUT2D eigenvalue weighted by atomic mass is 10.1. The summed E-state index contributed by atoms with van der Waals surface area (Å²) in [6.45, 7) is 3.66. The van der Waals surface area contributed by atoms with Crippen molar-refractivity contribution >= 4 is 21.9 Å². The SMILES string of the molecule is CCC=CCC(C)(Br)C(=O)O. The summed E-state index contributed by atoms with van der Waals surface area (Å²) in [4.78, 5) is 10.5. The molecule has 3 heteroatoms. The second-order valence-electron chi connectivity index (χ2n) is 2.59. The largest absolute Gasteiger partial charge is 0.480 e. The molecular weight excluding hydrogens is 208 g/mol. The highest BCUT2D eigenvalue weighted by molar-refractivity contribution is 9.10. The summed E-state index contributed by atoms with van der Waals surface area (Å²) >= 11 is 3.13. The molecule has 0 rings (SSSR count). The molecule has 0 aliphatic heterocycles. The molecule has 0 radical (unpaired) electrons. The van der Waals surface area contributed by atoms with Crippen LogP contribution in [0.4, 0.5) is 0 Å². The van der Waals surface area contributed by atoms with Gasteiger partial charge in [-0.25, -0.2) is 0 Å². The summed E-state index contributed by atoms with van der Waals surface area (Å²) < 4.78 is -0.807. The number of alkyl halides is 1. The molecule has 0 aromatic heterocycles. The van der Waals surface area contributed by atoms with E-state index in [1.165, 1.54) is 0 Å². The van der Waals surface area contributed by atoms with Crippen LogP contribution in [0, 0.1) is 0 Å². The Morgan fingerprint density at radius 1 is 1.64 bits per heavy atom. The number of allylic oxidation sites excluding steroid dienone is 2. The van der Waals surface area contributed by atoms with Gasteiger partial charge in [0, 0.05) is 0 Å². The van der Waals surface area contributed by atoms with Gasteiger partial charge in [0.1, 0.15) is 4.32 Å². The summed E-state index contributed by atoms with van der Waals surface area (Å²) in [6.07, 6.45) is 5.31. The molecule has 1 atom stereocenters. The van der Waals surface area contributed by atoms with Crippen LogP contribution >= 0.6 is 15.9 Å². The number of rotatable bonds is 4. The zero-order chi connectivity index (χ0) is 8.91. The van der Waals surface area contributed by atoms with Crippen LogP contribution in [0.15, 0.2) is 12.2 Å². The first kappa shape index (κ1) is 10.7. The molecule has 0 spiro atoms. The lowest BCUT2D eigenvalue weighted by molar-refractivity contribution is -0.139. The number of aliphatic carboxylic acids is 1. The average Bonchev–Trinajstić information content (AvgIpc) is 1.88. The van der Waals surface area contributed by atoms with Crippen LogP contribution in [0.2, 0.25) is 0 Å². The van der Waals surface area contributed by atoms with Gasteiger partial charge in [-0.3, -0.25) is 4.79 Å². The van der Waals surface area contributed by atoms with Crippen LogP contribution in [0.1, 0.15) is 26.7 Å². The highest BCUT2D eigenvalue weighted by atomic mass is 79.9. The van der Waals surface area contributed by atoms with E-state index in [2.05, 4.69) is 15.9 Å². The van der Waals surface area contributed by atoms with E-state index >= 15 is 0 Å². The quantitative estimate of drug-likeness (QED) is 0.585. The first-order chi connectivity index (χ1) is 5.00. The average molecular weight is 221 g/mol. The topological polar surface area (TPSA) is 37.3 Å². The maximum absolute atomic E-state index is 10.5. The van der Waals surface area contributed by atoms with Crippen molar-refractivity contribution in [1.82, 2.24) is 0 Å². The summed E-state index contributed by atoms with van der Waals surface area (Å²) in [5.74, 6) is -0.821. The normalized spacial score (nSPS) is 16.6. The summed E-state index contributed by atoms with van der Waals surface area (Å²) in [6, 6.07) is 0. The van der Waals surface area contributed by atoms with Crippen molar-refractivity contribution in [3.8, 4) is 0 Å². The van der Waals surface area contributed by atoms with E-state index < -0.39 is 10.3 Å². The molecule has 0 aliphatic rings. The smallest absolute Gasteiger partial charge is 0.320 e. The third-order valence-electron chi connectivity index (χ3n) is 1.35. The molecule has 0 bridgehead atoms. The number of hydrogen-bond acceptors (Lipinski definition) is 1. The zero-order valence-electron chi connectivity index (χ0n) is 6.80. The molecule has 2 nitrogen and oxygen atoms in total. The van der Waals surface area contributed by atoms with Crippen molar-refractivity contribution in [3.63, 3.8) is 0 Å². The van der Waals surface area contributed by atoms with Gasteiger partial charge in [-0.1, -0.05) is 35.0 Å². The lowest BCUT2D eigenvalue weighted by Crippen LogP contribution is -2.26. The molecule has 0 aromatic carbocycles. The fraction of sp³-hybridized carbons (Fsp3) is 0.625. The minimum atomic E-state index is -0.821. The molecule has 11 heavy (non-hydrogen) atoms. The molecule has 0 saturated heterocycles. The monoisotopic (exact) mass is 220 g/mol. The predicted molar refractivity (Wildman–Crippen MR) is 49.0 cm³/mol. The minimum Gasteiger partial charge on any atom is -0.480 e. The molecule has 1 unspecified atom stereocenters. The van der Waals surface area contributed by atoms with E-state index in [-0.39, 0.29) is 0 Å². The minimum absolute atomic E-state index is 0.524. The third kappa shape index (κ3) is 4.19. The zero-order valence-corrected chi connectivity index (χ0v) is 8.39. The van der Waals surface area contributed by atoms with Gasteiger partial charge in [-0.15, -0.1) is 0 Å². The summed E-state index contributed by atoms with van der Waals surface area (Å²) in [5, 5.41) is 8.66. The number of carboxylic acid groups (broad SMARTS) is 1. The van der Waals surface area contributed by atoms with Crippen LogP contribution in [0.25, 0.3) is 0 Å². The Hall–Kier alpha value is -0.310. The Morgan fingerprint density at radius 2 is 2.18 bits per heavy atom. The molecule has 0 amide bonds. The van der Waals surface area contributed by atoms with E-state index in [4.69, 9.17) is 5.11 Å². The first-order valence-corrected chi connectivity index (χ1v) is 4.37. The van der Waals surface area contributed by atoms with Crippen molar-refractivity contribution in [3.05, 3.63) is 12.2 Å². The summed E-state index contributed by atoms with van der Waals surface area (Å²) in [5.41, 5.74) is 0. The highest BCUT2D eigenvalue weighted by Crippen LogP contribution is 2.22. The van der Waals surface area contributed by atoms with Crippen LogP contribution in [0.3, 0.4) is 0 Å². The Morgan fingerprint density at radius 3 is 2.55 bits per heavy atom. The van der Waals surface area contributed by atoms with Crippen LogP contribution in [0.5, 0.6) is 0 Å². The van der Waals surface area contributed by atoms with Gasteiger partial charge < -0.3 is 5.11 Å². The molecule has 0 saturated carbocycles. The van der Waals surface area contributed by atoms with Crippen molar-refractivity contribution in [2.45, 2.75) is 31.0 Å². The molecule has 0 fully saturated rings. The Balaban J connectivity index is 3.92. The third-order valence-corrected chi connectivity index (χ3v) is 2.01. The molecular formula is C8H13BrO2. The van der Waals surface area contributed by atoms with Gasteiger partial charge in [0.05, 0.1) is 0 Å². The van der Waals surface area contributed by atoms with Crippen molar-refractivity contribution in [2.75, 3.05) is 0 Å². The molecule has 0 aliphatic carbocycles. The summed E-state index contributed by atoms with van der Waals surface area (Å²) in [7, 11) is 0. The van der Waals surface area contributed by atoms with Gasteiger partial charge in [-0.2, -0.15) is 0 Å². The van der Waals surface area contributed by atoms with Crippen LogP contribution in [-0.2, 0) is 4.79 Å². The van der Waals surface area contributed by atoms with Crippen molar-refractivity contribution in [1.29, 1.82) is 0 Å². The van der Waals surface area contributed by atoms with E-state index in [1.54, 1.807) is 6.92 Å². The van der Waals surface area contributed by atoms with E-state index in [1.807, 2.05) is 19.1 Å². The highest BCUT2D eigenvalue weighted by Gasteiger charge is 2.27. The maximum atomic E-state index is 10.5. The second-order valence-corrected chi connectivity index (χ2v) is 4.34. The van der Waals surface area contributed by atoms with Gasteiger partial charge in [0.15, 0.2) is 0 Å². The number of halogens is 1. The predicted octanol–water partition coefficient (Wildman–Crippen LogP) is 2.58. The molecule has 1 N–H and O–H groups in total. The van der Waals surface area contributed by atoms with E-state index in [0.29, 0.717) is 6.42 Å². The van der Waals surface area contributed by atoms with Gasteiger partial charge in [0.2, 0.25) is 0 Å². The van der Waals surface area contributed by atoms with Crippen molar-refractivity contribution < 1.29 is 9.90 Å². The number of hydrogen-bond donors (Lipinski definition) is 1. The Bertz CT molecular complexity index is 161.